The summed E-state index contributed by atoms with van der Waals surface area (Å²) in [6.07, 6.45) is 0.720. The molecule has 0 bridgehead atoms. The van der Waals surface area contributed by atoms with Gasteiger partial charge in [0.1, 0.15) is 18.3 Å². The summed E-state index contributed by atoms with van der Waals surface area (Å²) < 4.78 is 5.46. The van der Waals surface area contributed by atoms with Gasteiger partial charge in [0.05, 0.1) is 12.6 Å². The van der Waals surface area contributed by atoms with Gasteiger partial charge in [-0.25, -0.2) is 0 Å². The summed E-state index contributed by atoms with van der Waals surface area (Å²) in [4.78, 5) is 12.0. The molecule has 0 saturated heterocycles. The fourth-order valence-corrected chi connectivity index (χ4v) is 1.96. The van der Waals surface area contributed by atoms with E-state index in [1.807, 2.05) is 31.2 Å². The van der Waals surface area contributed by atoms with Crippen LogP contribution in [0.2, 0.25) is 0 Å². The van der Waals surface area contributed by atoms with Gasteiger partial charge in [0.25, 0.3) is 0 Å². The summed E-state index contributed by atoms with van der Waals surface area (Å²) in [5, 5.41) is 11.9. The number of ether oxygens (including phenoxy) is 1. The van der Waals surface area contributed by atoms with Gasteiger partial charge in [0.15, 0.2) is 0 Å². The number of hydrogen-bond acceptors (Lipinski definition) is 3. The number of carbonyl (C=O) groups excluding carboxylic acids is 1. The second-order valence-corrected chi connectivity index (χ2v) is 4.20. The Morgan fingerprint density at radius 1 is 1.59 bits per heavy atom. The number of carbonyl (C=O) groups is 1. The van der Waals surface area contributed by atoms with Crippen LogP contribution in [-0.4, -0.2) is 30.3 Å². The summed E-state index contributed by atoms with van der Waals surface area (Å²) in [7, 11) is 0. The predicted molar refractivity (Wildman–Crippen MR) is 64.0 cm³/mol. The Balaban J connectivity index is 2.07. The van der Waals surface area contributed by atoms with E-state index in [1.54, 1.807) is 0 Å². The van der Waals surface area contributed by atoms with Crippen LogP contribution in [0.4, 0.5) is 0 Å². The zero-order valence-electron chi connectivity index (χ0n) is 9.85. The number of fused-ring (bicyclic) bond motifs is 1. The van der Waals surface area contributed by atoms with Crippen molar-refractivity contribution in [2.75, 3.05) is 13.2 Å². The molecule has 0 aromatic heterocycles. The molecule has 0 fully saturated rings. The molecule has 17 heavy (non-hydrogen) atoms. The van der Waals surface area contributed by atoms with Crippen molar-refractivity contribution in [2.45, 2.75) is 25.3 Å². The number of aliphatic hydroxyl groups is 1. The monoisotopic (exact) mass is 235 g/mol. The molecule has 2 N–H and O–H groups in total. The van der Waals surface area contributed by atoms with E-state index in [2.05, 4.69) is 5.32 Å². The van der Waals surface area contributed by atoms with Crippen molar-refractivity contribution in [3.8, 4) is 5.75 Å². The number of hydrogen-bond donors (Lipinski definition) is 2. The fraction of sp³-hybridized carbons (Fsp3) is 0.462. The van der Waals surface area contributed by atoms with E-state index in [0.717, 1.165) is 17.7 Å². The standard InChI is InChI=1S/C13H17NO3/c1-2-9(7-15)14-13(16)11-8-17-12-6-4-3-5-10(11)12/h3-6,9,11,15H,2,7-8H2,1H3,(H,14,16)/t9-,11?/m0/s1. The lowest BCUT2D eigenvalue weighted by atomic mass is 10.00. The normalized spacial score (nSPS) is 19.3. The lowest BCUT2D eigenvalue weighted by molar-refractivity contribution is -0.123. The molecule has 0 radical (unpaired) electrons. The number of nitrogens with one attached hydrogen (secondary N) is 1. The molecular formula is C13H17NO3. The molecule has 1 aromatic carbocycles. The minimum atomic E-state index is -0.258. The largest absolute Gasteiger partial charge is 0.492 e. The van der Waals surface area contributed by atoms with Gasteiger partial charge in [-0.2, -0.15) is 0 Å². The molecule has 1 heterocycles. The van der Waals surface area contributed by atoms with E-state index >= 15 is 0 Å². The van der Waals surface area contributed by atoms with Crippen LogP contribution >= 0.6 is 0 Å². The second kappa shape index (κ2) is 5.19. The molecule has 0 spiro atoms. The maximum atomic E-state index is 12.0. The molecule has 1 amide bonds. The molecule has 1 aromatic rings. The van der Waals surface area contributed by atoms with E-state index in [9.17, 15) is 4.79 Å². The third-order valence-corrected chi connectivity index (χ3v) is 3.08. The van der Waals surface area contributed by atoms with E-state index in [1.165, 1.54) is 0 Å². The van der Waals surface area contributed by atoms with Gasteiger partial charge in [-0.1, -0.05) is 25.1 Å². The van der Waals surface area contributed by atoms with Crippen molar-refractivity contribution in [3.05, 3.63) is 29.8 Å². The number of para-hydroxylation sites is 1. The van der Waals surface area contributed by atoms with E-state index in [4.69, 9.17) is 9.84 Å². The van der Waals surface area contributed by atoms with E-state index in [0.29, 0.717) is 6.61 Å². The Hall–Kier alpha value is -1.55. The third kappa shape index (κ3) is 2.42. The summed E-state index contributed by atoms with van der Waals surface area (Å²) in [6.45, 7) is 2.28. The number of amides is 1. The molecule has 1 aliphatic heterocycles. The molecule has 0 aliphatic carbocycles. The van der Waals surface area contributed by atoms with Crippen LogP contribution in [0.25, 0.3) is 0 Å². The molecule has 2 atom stereocenters. The molecule has 4 heteroatoms. The van der Waals surface area contributed by atoms with Crippen LogP contribution < -0.4 is 10.1 Å². The summed E-state index contributed by atoms with van der Waals surface area (Å²) in [5.74, 6) is 0.451. The maximum absolute atomic E-state index is 12.0. The van der Waals surface area contributed by atoms with Gasteiger partial charge in [-0.15, -0.1) is 0 Å². The van der Waals surface area contributed by atoms with Crippen molar-refractivity contribution in [1.29, 1.82) is 0 Å². The summed E-state index contributed by atoms with van der Waals surface area (Å²) in [6, 6.07) is 7.40. The molecule has 92 valence electrons. The van der Waals surface area contributed by atoms with Gasteiger partial charge >= 0.3 is 0 Å². The highest BCUT2D eigenvalue weighted by molar-refractivity contribution is 5.85. The zero-order valence-corrected chi connectivity index (χ0v) is 9.85. The highest BCUT2D eigenvalue weighted by atomic mass is 16.5. The first-order valence-electron chi connectivity index (χ1n) is 5.89. The van der Waals surface area contributed by atoms with Gasteiger partial charge in [0, 0.05) is 5.56 Å². The van der Waals surface area contributed by atoms with Crippen LogP contribution in [0.5, 0.6) is 5.75 Å². The predicted octanol–water partition coefficient (Wildman–Crippen LogP) is 1.05. The molecule has 1 unspecified atom stereocenters. The van der Waals surface area contributed by atoms with Crippen molar-refractivity contribution < 1.29 is 14.6 Å². The molecular weight excluding hydrogens is 218 g/mol. The van der Waals surface area contributed by atoms with Crippen LogP contribution in [0.3, 0.4) is 0 Å². The highest BCUT2D eigenvalue weighted by Crippen LogP contribution is 2.33. The number of rotatable bonds is 4. The van der Waals surface area contributed by atoms with Crippen LogP contribution in [0, 0.1) is 0 Å². The first kappa shape index (κ1) is 11.9. The number of benzene rings is 1. The Morgan fingerprint density at radius 2 is 2.35 bits per heavy atom. The maximum Gasteiger partial charge on any atom is 0.231 e. The molecule has 4 nitrogen and oxygen atoms in total. The summed E-state index contributed by atoms with van der Waals surface area (Å²) in [5.41, 5.74) is 0.929. The van der Waals surface area contributed by atoms with E-state index in [-0.39, 0.29) is 24.5 Å². The third-order valence-electron chi connectivity index (χ3n) is 3.08. The minimum absolute atomic E-state index is 0.0303. The van der Waals surface area contributed by atoms with Crippen molar-refractivity contribution in [2.24, 2.45) is 0 Å². The van der Waals surface area contributed by atoms with E-state index < -0.39 is 0 Å². The Bertz CT molecular complexity index is 401. The number of aliphatic hydroxyl groups excluding tert-OH is 1. The van der Waals surface area contributed by atoms with Gasteiger partial charge in [-0.05, 0) is 12.5 Å². The Morgan fingerprint density at radius 3 is 3.06 bits per heavy atom. The fourth-order valence-electron chi connectivity index (χ4n) is 1.96. The highest BCUT2D eigenvalue weighted by Gasteiger charge is 2.30. The van der Waals surface area contributed by atoms with Crippen molar-refractivity contribution in [3.63, 3.8) is 0 Å². The van der Waals surface area contributed by atoms with Gasteiger partial charge < -0.3 is 15.2 Å². The minimum Gasteiger partial charge on any atom is -0.492 e. The van der Waals surface area contributed by atoms with Gasteiger partial charge in [-0.3, -0.25) is 4.79 Å². The zero-order chi connectivity index (χ0) is 12.3. The second-order valence-electron chi connectivity index (χ2n) is 4.20. The van der Waals surface area contributed by atoms with Crippen LogP contribution in [0.15, 0.2) is 24.3 Å². The van der Waals surface area contributed by atoms with Crippen LogP contribution in [-0.2, 0) is 4.79 Å². The molecule has 0 saturated carbocycles. The summed E-state index contributed by atoms with van der Waals surface area (Å²) >= 11 is 0. The average Bonchev–Trinajstić information content (AvgIpc) is 2.79. The Labute approximate surface area is 101 Å². The topological polar surface area (TPSA) is 58.6 Å². The van der Waals surface area contributed by atoms with Crippen molar-refractivity contribution >= 4 is 5.91 Å². The molecule has 2 rings (SSSR count). The Kier molecular flexibility index (Phi) is 3.64. The first-order chi connectivity index (χ1) is 8.26. The average molecular weight is 235 g/mol. The van der Waals surface area contributed by atoms with Crippen molar-refractivity contribution in [1.82, 2.24) is 5.32 Å². The smallest absolute Gasteiger partial charge is 0.231 e. The van der Waals surface area contributed by atoms with Crippen LogP contribution in [0.1, 0.15) is 24.8 Å². The lowest BCUT2D eigenvalue weighted by Crippen LogP contribution is -2.40. The van der Waals surface area contributed by atoms with Gasteiger partial charge in [0.2, 0.25) is 5.91 Å². The SMILES string of the molecule is CC[C@@H](CO)NC(=O)C1COc2ccccc21. The quantitative estimate of drug-likeness (QED) is 0.820. The first-order valence-corrected chi connectivity index (χ1v) is 5.89. The molecule has 1 aliphatic rings. The lowest BCUT2D eigenvalue weighted by Gasteiger charge is -2.16.